The van der Waals surface area contributed by atoms with Gasteiger partial charge in [0.05, 0.1) is 39.4 Å². The topological polar surface area (TPSA) is 167 Å². The Bertz CT molecular complexity index is 2540. The zero-order valence-electron chi connectivity index (χ0n) is 35.1. The first-order valence-electron chi connectivity index (χ1n) is 20.7. The fourth-order valence-corrected chi connectivity index (χ4v) is 6.65. The summed E-state index contributed by atoms with van der Waals surface area (Å²) < 4.78 is 2.92. The van der Waals surface area contributed by atoms with Crippen LogP contribution in [0.2, 0.25) is 0 Å². The van der Waals surface area contributed by atoms with E-state index < -0.39 is 5.97 Å². The van der Waals surface area contributed by atoms with E-state index in [-0.39, 0.29) is 22.6 Å². The summed E-state index contributed by atoms with van der Waals surface area (Å²) in [5.74, 6) is -1.09. The number of hydrogen-bond acceptors (Lipinski definition) is 6. The van der Waals surface area contributed by atoms with Gasteiger partial charge in [0.15, 0.2) is 0 Å². The van der Waals surface area contributed by atoms with Crippen LogP contribution in [-0.4, -0.2) is 55.5 Å². The molecule has 1 amide bonds. The Morgan fingerprint density at radius 1 is 0.650 bits per heavy atom. The molecule has 2 aromatic heterocycles. The number of H-pyrrole nitrogens is 2. The lowest BCUT2D eigenvalue weighted by Crippen LogP contribution is -2.24. The highest BCUT2D eigenvalue weighted by atomic mass is 16.4. The zero-order valence-corrected chi connectivity index (χ0v) is 35.1. The van der Waals surface area contributed by atoms with Gasteiger partial charge < -0.3 is 10.4 Å². The van der Waals surface area contributed by atoms with Gasteiger partial charge in [0.2, 0.25) is 0 Å². The number of carboxylic acids is 1. The molecule has 0 aliphatic heterocycles. The van der Waals surface area contributed by atoms with Crippen LogP contribution in [0.25, 0.3) is 11.4 Å². The summed E-state index contributed by atoms with van der Waals surface area (Å²) >= 11 is 0. The van der Waals surface area contributed by atoms with Gasteiger partial charge in [-0.3, -0.25) is 34.6 Å². The van der Waals surface area contributed by atoms with Gasteiger partial charge in [0.1, 0.15) is 0 Å². The van der Waals surface area contributed by atoms with Gasteiger partial charge in [-0.05, 0) is 104 Å². The average molecular weight is 810 g/mol. The van der Waals surface area contributed by atoms with Gasteiger partial charge in [-0.1, -0.05) is 89.8 Å². The Morgan fingerprint density at radius 3 is 1.70 bits per heavy atom. The first-order valence-corrected chi connectivity index (χ1v) is 20.7. The van der Waals surface area contributed by atoms with Gasteiger partial charge in [-0.25, -0.2) is 14.2 Å². The minimum Gasteiger partial charge on any atom is -0.478 e. The smallest absolute Gasteiger partial charge is 0.335 e. The van der Waals surface area contributed by atoms with Crippen LogP contribution in [0.4, 0.5) is 11.4 Å². The highest BCUT2D eigenvalue weighted by molar-refractivity contribution is 5.94. The highest BCUT2D eigenvalue weighted by Gasteiger charge is 2.15. The molecule has 0 aliphatic carbocycles. The number of rotatable bonds is 17. The van der Waals surface area contributed by atoms with Crippen molar-refractivity contribution in [1.29, 1.82) is 0 Å². The number of carbonyl (C=O) groups excluding carboxylic acids is 1. The highest BCUT2D eigenvalue weighted by Crippen LogP contribution is 2.21. The van der Waals surface area contributed by atoms with E-state index in [0.29, 0.717) is 41.0 Å². The zero-order chi connectivity index (χ0) is 43.0. The Morgan fingerprint density at radius 2 is 1.17 bits per heavy atom. The molecule has 6 rings (SSSR count). The van der Waals surface area contributed by atoms with Gasteiger partial charge in [-0.2, -0.15) is 0 Å². The molecule has 0 aliphatic rings. The van der Waals surface area contributed by atoms with E-state index in [1.807, 2.05) is 62.4 Å². The van der Waals surface area contributed by atoms with E-state index in [4.69, 9.17) is 5.11 Å². The summed E-state index contributed by atoms with van der Waals surface area (Å²) in [7, 11) is 0. The number of hydrogen-bond donors (Lipinski definition) is 4. The molecule has 312 valence electrons. The van der Waals surface area contributed by atoms with E-state index in [9.17, 15) is 19.2 Å². The van der Waals surface area contributed by atoms with Gasteiger partial charge in [-0.15, -0.1) is 0 Å². The lowest BCUT2D eigenvalue weighted by Gasteiger charge is -2.06. The quantitative estimate of drug-likeness (QED) is 0.0532. The third-order valence-corrected chi connectivity index (χ3v) is 10.1. The summed E-state index contributed by atoms with van der Waals surface area (Å²) in [6, 6.07) is 29.0. The van der Waals surface area contributed by atoms with Crippen LogP contribution in [0, 0.1) is 6.92 Å². The maximum atomic E-state index is 13.0. The molecule has 12 heteroatoms. The molecule has 0 unspecified atom stereocenters. The number of unbranched alkanes of at least 4 members (excludes halogenated alkanes) is 3. The van der Waals surface area contributed by atoms with Crippen LogP contribution in [0.5, 0.6) is 0 Å². The van der Waals surface area contributed by atoms with Crippen molar-refractivity contribution in [3.63, 3.8) is 0 Å². The molecule has 0 atom stereocenters. The Kier molecular flexibility index (Phi) is 16.1. The van der Waals surface area contributed by atoms with Gasteiger partial charge >= 0.3 is 5.97 Å². The number of para-hydroxylation sites is 2. The van der Waals surface area contributed by atoms with E-state index in [2.05, 4.69) is 46.3 Å². The van der Waals surface area contributed by atoms with Crippen LogP contribution in [0.1, 0.15) is 114 Å². The summed E-state index contributed by atoms with van der Waals surface area (Å²) in [4.78, 5) is 58.4. The number of nitrogens with one attached hydrogen (secondary N) is 3. The molecule has 4 N–H and O–H groups in total. The van der Waals surface area contributed by atoms with E-state index in [1.165, 1.54) is 34.3 Å². The molecule has 0 radical (unpaired) electrons. The minimum atomic E-state index is -1.00. The second kappa shape index (κ2) is 21.8. The molecule has 0 bridgehead atoms. The molecule has 6 aromatic rings. The third-order valence-electron chi connectivity index (χ3n) is 10.1. The van der Waals surface area contributed by atoms with Crippen molar-refractivity contribution < 1.29 is 14.7 Å². The van der Waals surface area contributed by atoms with Gasteiger partial charge in [0.25, 0.3) is 17.0 Å². The molecule has 4 aromatic carbocycles. The Labute approximate surface area is 350 Å². The number of aromatic nitrogens is 4. The Hall–Kier alpha value is -6.82. The fraction of sp³-hybridized carbons (Fsp3) is 0.292. The molecule has 2 heterocycles. The maximum Gasteiger partial charge on any atom is 0.335 e. The SMILES string of the molecule is CCCCCCNC(=O)c1ccc(-n2[nH]c(C)c(C=Nc3ccccc3CC)c2=O)cc1.CCCc1[nH]n(-c2ccc(C(=O)O)cc2)c(=O)c1C=Nc1ccccc1CC. The average Bonchev–Trinajstić information content (AvgIpc) is 3.74. The van der Waals surface area contributed by atoms with Crippen molar-refractivity contribution in [3.05, 3.63) is 163 Å². The van der Waals surface area contributed by atoms with E-state index >= 15 is 0 Å². The van der Waals surface area contributed by atoms with Gasteiger partial charge in [0, 0.05) is 35.9 Å². The Balaban J connectivity index is 0.000000230. The molecular weight excluding hydrogens is 755 g/mol. The van der Waals surface area contributed by atoms with Crippen LogP contribution in [-0.2, 0) is 19.3 Å². The predicted molar refractivity (Wildman–Crippen MR) is 241 cm³/mol. The lowest BCUT2D eigenvalue weighted by molar-refractivity contribution is 0.0696. The number of nitrogens with zero attached hydrogens (tertiary/aromatic N) is 4. The lowest BCUT2D eigenvalue weighted by atomic mass is 10.1. The predicted octanol–water partition coefficient (Wildman–Crippen LogP) is 9.23. The number of benzene rings is 4. The summed E-state index contributed by atoms with van der Waals surface area (Å²) in [5.41, 5.74) is 8.21. The molecule has 12 nitrogen and oxygen atoms in total. The number of amides is 1. The first kappa shape index (κ1) is 44.3. The molecule has 0 spiro atoms. The van der Waals surface area contributed by atoms with Crippen LogP contribution >= 0.6 is 0 Å². The van der Waals surface area contributed by atoms with Crippen molar-refractivity contribution in [2.24, 2.45) is 9.98 Å². The first-order chi connectivity index (χ1) is 29.1. The van der Waals surface area contributed by atoms with Crippen molar-refractivity contribution >= 4 is 35.7 Å². The van der Waals surface area contributed by atoms with Crippen LogP contribution in [0.15, 0.2) is 117 Å². The molecule has 0 fully saturated rings. The number of carboxylic acid groups (broad SMARTS) is 1. The largest absolute Gasteiger partial charge is 0.478 e. The standard InChI is InChI=1S/C26H32N4O2.C22H23N3O3/c1-4-6-7-10-17-27-25(31)21-13-15-22(16-14-21)30-26(32)23(19(3)29-30)18-28-24-12-9-8-11-20(24)5-2;1-3-7-20-18(14-23-19-9-6-5-8-15(19)4-2)21(26)25(24-20)17-12-10-16(11-13-17)22(27)28/h8-9,11-16,18,29H,4-7,10,17H2,1-3H3,(H,27,31);5-6,8-14,24H,3-4,7H2,1-2H3,(H,27,28). The summed E-state index contributed by atoms with van der Waals surface area (Å²) in [6.45, 7) is 10.9. The number of carbonyl (C=O) groups is 2. The maximum absolute atomic E-state index is 13.0. The molecule has 60 heavy (non-hydrogen) atoms. The van der Waals surface area contributed by atoms with Crippen molar-refractivity contribution in [3.8, 4) is 11.4 Å². The second-order valence-corrected chi connectivity index (χ2v) is 14.4. The number of aliphatic imine (C=N–C) groups is 2. The second-order valence-electron chi connectivity index (χ2n) is 14.4. The van der Waals surface area contributed by atoms with Crippen LogP contribution in [0.3, 0.4) is 0 Å². The summed E-state index contributed by atoms with van der Waals surface area (Å²) in [6.07, 6.45) is 11.1. The normalized spacial score (nSPS) is 11.2. The van der Waals surface area contributed by atoms with E-state index in [0.717, 1.165) is 66.0 Å². The third kappa shape index (κ3) is 11.2. The minimum absolute atomic E-state index is 0.0922. The van der Waals surface area contributed by atoms with Crippen molar-refractivity contribution in [2.45, 2.75) is 86.0 Å². The molecule has 0 saturated heterocycles. The van der Waals surface area contributed by atoms with E-state index in [1.54, 1.807) is 48.8 Å². The monoisotopic (exact) mass is 809 g/mol. The fourth-order valence-electron chi connectivity index (χ4n) is 6.65. The van der Waals surface area contributed by atoms with Crippen molar-refractivity contribution in [1.82, 2.24) is 24.9 Å². The van der Waals surface area contributed by atoms with Crippen LogP contribution < -0.4 is 16.4 Å². The number of aryl methyl sites for hydroxylation is 4. The molecule has 0 saturated carbocycles. The van der Waals surface area contributed by atoms with Crippen molar-refractivity contribution in [2.75, 3.05) is 6.54 Å². The number of aromatic amines is 2. The molecular formula is C48H55N7O5. The number of aromatic carboxylic acids is 1. The summed E-state index contributed by atoms with van der Waals surface area (Å²) in [5, 5.41) is 18.3.